The molecule has 0 spiro atoms. The van der Waals surface area contributed by atoms with Crippen molar-refractivity contribution in [2.45, 2.75) is 39.7 Å². The van der Waals surface area contributed by atoms with E-state index in [2.05, 4.69) is 31.3 Å². The minimum absolute atomic E-state index is 0.0220. The molecule has 0 unspecified atom stereocenters. The third-order valence-corrected chi connectivity index (χ3v) is 4.75. The first-order chi connectivity index (χ1) is 12.1. The Kier molecular flexibility index (Phi) is 5.22. The molecule has 2 amide bonds. The monoisotopic (exact) mass is 340 g/mol. The molecule has 25 heavy (non-hydrogen) atoms. The molecule has 0 saturated carbocycles. The average Bonchev–Trinajstić information content (AvgIpc) is 3.28. The number of nitrogens with zero attached hydrogens (tertiary/aromatic N) is 1. The standard InChI is InChI=1S/C20H24N2O3/c1-3-14-7-5-8-15(4-2)19(14)22-13-16(11-18(22)23)20(24)21-12-17-9-6-10-25-17/h5-10,16H,3-4,11-13H2,1-2H3,(H,21,24)/t16-/m1/s1. The van der Waals surface area contributed by atoms with Gasteiger partial charge in [0.15, 0.2) is 0 Å². The molecule has 3 rings (SSSR count). The van der Waals surface area contributed by atoms with Gasteiger partial charge < -0.3 is 14.6 Å². The summed E-state index contributed by atoms with van der Waals surface area (Å²) in [6.07, 6.45) is 3.56. The highest BCUT2D eigenvalue weighted by atomic mass is 16.3. The topological polar surface area (TPSA) is 62.6 Å². The fraction of sp³-hybridized carbons (Fsp3) is 0.400. The summed E-state index contributed by atoms with van der Waals surface area (Å²) in [7, 11) is 0. The van der Waals surface area contributed by atoms with E-state index < -0.39 is 0 Å². The third kappa shape index (κ3) is 3.60. The van der Waals surface area contributed by atoms with Gasteiger partial charge in [0.1, 0.15) is 5.76 Å². The lowest BCUT2D eigenvalue weighted by atomic mass is 10.0. The molecule has 1 atom stereocenters. The lowest BCUT2D eigenvalue weighted by Gasteiger charge is -2.23. The van der Waals surface area contributed by atoms with Crippen molar-refractivity contribution in [3.05, 3.63) is 53.5 Å². The highest BCUT2D eigenvalue weighted by Gasteiger charge is 2.36. The zero-order valence-electron chi connectivity index (χ0n) is 14.7. The summed E-state index contributed by atoms with van der Waals surface area (Å²) in [5.74, 6) is 0.309. The van der Waals surface area contributed by atoms with Gasteiger partial charge >= 0.3 is 0 Å². The highest BCUT2D eigenvalue weighted by Crippen LogP contribution is 2.32. The van der Waals surface area contributed by atoms with Crippen LogP contribution in [0.2, 0.25) is 0 Å². The minimum Gasteiger partial charge on any atom is -0.467 e. The molecule has 1 aromatic carbocycles. The lowest BCUT2D eigenvalue weighted by molar-refractivity contribution is -0.126. The number of hydrogen-bond donors (Lipinski definition) is 1. The van der Waals surface area contributed by atoms with Crippen molar-refractivity contribution in [2.75, 3.05) is 11.4 Å². The van der Waals surface area contributed by atoms with E-state index in [9.17, 15) is 9.59 Å². The van der Waals surface area contributed by atoms with Crippen molar-refractivity contribution in [3.63, 3.8) is 0 Å². The van der Waals surface area contributed by atoms with Gasteiger partial charge in [-0.25, -0.2) is 0 Å². The molecule has 0 aliphatic carbocycles. The molecular formula is C20H24N2O3. The quantitative estimate of drug-likeness (QED) is 0.879. The van der Waals surface area contributed by atoms with Crippen molar-refractivity contribution < 1.29 is 14.0 Å². The summed E-state index contributed by atoms with van der Waals surface area (Å²) in [5, 5.41) is 2.87. The summed E-state index contributed by atoms with van der Waals surface area (Å²) in [5.41, 5.74) is 3.31. The first-order valence-corrected chi connectivity index (χ1v) is 8.85. The lowest BCUT2D eigenvalue weighted by Crippen LogP contribution is -2.33. The highest BCUT2D eigenvalue weighted by molar-refractivity contribution is 6.01. The Bertz CT molecular complexity index is 730. The summed E-state index contributed by atoms with van der Waals surface area (Å²) < 4.78 is 5.23. The number of rotatable bonds is 6. The van der Waals surface area contributed by atoms with E-state index in [4.69, 9.17) is 4.42 Å². The van der Waals surface area contributed by atoms with E-state index >= 15 is 0 Å². The maximum atomic E-state index is 12.6. The van der Waals surface area contributed by atoms with Crippen LogP contribution in [0.4, 0.5) is 5.69 Å². The van der Waals surface area contributed by atoms with Crippen LogP contribution in [-0.4, -0.2) is 18.4 Å². The molecular weight excluding hydrogens is 316 g/mol. The number of furan rings is 1. The number of carbonyl (C=O) groups is 2. The van der Waals surface area contributed by atoms with Crippen LogP contribution in [0.3, 0.4) is 0 Å². The number of benzene rings is 1. The van der Waals surface area contributed by atoms with Crippen LogP contribution in [0.15, 0.2) is 41.0 Å². The van der Waals surface area contributed by atoms with Gasteiger partial charge in [-0.2, -0.15) is 0 Å². The summed E-state index contributed by atoms with van der Waals surface area (Å²) >= 11 is 0. The molecule has 5 heteroatoms. The Labute approximate surface area is 148 Å². The second-order valence-corrected chi connectivity index (χ2v) is 6.33. The van der Waals surface area contributed by atoms with Gasteiger partial charge in [-0.15, -0.1) is 0 Å². The number of amides is 2. The molecule has 1 saturated heterocycles. The zero-order chi connectivity index (χ0) is 17.8. The molecule has 1 fully saturated rings. The first kappa shape index (κ1) is 17.3. The molecule has 2 heterocycles. The molecule has 1 aromatic heterocycles. The molecule has 1 N–H and O–H groups in total. The second kappa shape index (κ2) is 7.55. The van der Waals surface area contributed by atoms with Gasteiger partial charge in [0.2, 0.25) is 11.8 Å². The minimum atomic E-state index is -0.322. The van der Waals surface area contributed by atoms with E-state index in [-0.39, 0.29) is 24.2 Å². The van der Waals surface area contributed by atoms with E-state index in [0.29, 0.717) is 18.8 Å². The van der Waals surface area contributed by atoms with Gasteiger partial charge in [-0.3, -0.25) is 9.59 Å². The maximum absolute atomic E-state index is 12.6. The van der Waals surface area contributed by atoms with Crippen LogP contribution < -0.4 is 10.2 Å². The fourth-order valence-corrected chi connectivity index (χ4v) is 3.39. The van der Waals surface area contributed by atoms with Crippen LogP contribution in [0.1, 0.15) is 37.2 Å². The zero-order valence-corrected chi connectivity index (χ0v) is 14.7. The number of nitrogens with one attached hydrogen (secondary N) is 1. The largest absolute Gasteiger partial charge is 0.467 e. The molecule has 5 nitrogen and oxygen atoms in total. The van der Waals surface area contributed by atoms with Crippen LogP contribution in [0, 0.1) is 5.92 Å². The fourth-order valence-electron chi connectivity index (χ4n) is 3.39. The van der Waals surface area contributed by atoms with Gasteiger partial charge in [0.25, 0.3) is 0 Å². The van der Waals surface area contributed by atoms with Crippen LogP contribution in [0.25, 0.3) is 0 Å². The van der Waals surface area contributed by atoms with Gasteiger partial charge in [0, 0.05) is 18.7 Å². The Morgan fingerprint density at radius 2 is 1.92 bits per heavy atom. The predicted octanol–water partition coefficient (Wildman–Crippen LogP) is 3.07. The van der Waals surface area contributed by atoms with Crippen molar-refractivity contribution >= 4 is 17.5 Å². The van der Waals surface area contributed by atoms with Crippen LogP contribution in [0.5, 0.6) is 0 Å². The Hall–Kier alpha value is -2.56. The molecule has 132 valence electrons. The van der Waals surface area contributed by atoms with Gasteiger partial charge in [-0.05, 0) is 36.1 Å². The Balaban J connectivity index is 1.73. The van der Waals surface area contributed by atoms with Crippen molar-refractivity contribution in [1.29, 1.82) is 0 Å². The van der Waals surface area contributed by atoms with E-state index in [1.54, 1.807) is 17.2 Å². The number of anilines is 1. The van der Waals surface area contributed by atoms with Crippen LogP contribution in [-0.2, 0) is 29.0 Å². The summed E-state index contributed by atoms with van der Waals surface area (Å²) in [6.45, 7) is 4.97. The van der Waals surface area contributed by atoms with Crippen LogP contribution >= 0.6 is 0 Å². The second-order valence-electron chi connectivity index (χ2n) is 6.33. The van der Waals surface area contributed by atoms with E-state index in [1.165, 1.54) is 0 Å². The molecule has 2 aromatic rings. The van der Waals surface area contributed by atoms with Gasteiger partial charge in [-0.1, -0.05) is 32.0 Å². The molecule has 0 bridgehead atoms. The molecule has 1 aliphatic heterocycles. The Morgan fingerprint density at radius 1 is 1.20 bits per heavy atom. The number of carbonyl (C=O) groups excluding carboxylic acids is 2. The van der Waals surface area contributed by atoms with Crippen molar-refractivity contribution in [1.82, 2.24) is 5.32 Å². The maximum Gasteiger partial charge on any atom is 0.227 e. The summed E-state index contributed by atoms with van der Waals surface area (Å²) in [6, 6.07) is 9.76. The number of hydrogen-bond acceptors (Lipinski definition) is 3. The number of para-hydroxylation sites is 1. The third-order valence-electron chi connectivity index (χ3n) is 4.75. The average molecular weight is 340 g/mol. The van der Waals surface area contributed by atoms with E-state index in [1.807, 2.05) is 12.1 Å². The Morgan fingerprint density at radius 3 is 2.52 bits per heavy atom. The van der Waals surface area contributed by atoms with Gasteiger partial charge in [0.05, 0.1) is 18.7 Å². The van der Waals surface area contributed by atoms with Crippen molar-refractivity contribution in [3.8, 4) is 0 Å². The normalized spacial score (nSPS) is 17.1. The number of aryl methyl sites for hydroxylation is 2. The summed E-state index contributed by atoms with van der Waals surface area (Å²) in [4.78, 5) is 26.8. The van der Waals surface area contributed by atoms with E-state index in [0.717, 1.165) is 29.7 Å². The van der Waals surface area contributed by atoms with Crippen molar-refractivity contribution in [2.24, 2.45) is 5.92 Å². The molecule has 1 aliphatic rings. The SMILES string of the molecule is CCc1cccc(CC)c1N1C[C@H](C(=O)NCc2ccco2)CC1=O. The smallest absolute Gasteiger partial charge is 0.227 e. The predicted molar refractivity (Wildman–Crippen MR) is 96.2 cm³/mol. The molecule has 0 radical (unpaired) electrons. The first-order valence-electron chi connectivity index (χ1n) is 8.85.